The van der Waals surface area contributed by atoms with Gasteiger partial charge in [0, 0.05) is 0 Å². The van der Waals surface area contributed by atoms with E-state index in [-0.39, 0.29) is 6.42 Å². The number of hydrogen-bond acceptors (Lipinski definition) is 4. The predicted molar refractivity (Wildman–Crippen MR) is 72.9 cm³/mol. The summed E-state index contributed by atoms with van der Waals surface area (Å²) in [6, 6.07) is 6.46. The van der Waals surface area contributed by atoms with Crippen LogP contribution >= 0.6 is 12.6 Å². The van der Waals surface area contributed by atoms with Crippen LogP contribution in [0.2, 0.25) is 0 Å². The monoisotopic (exact) mass is 284 g/mol. The van der Waals surface area contributed by atoms with Gasteiger partial charge in [-0.15, -0.1) is 0 Å². The van der Waals surface area contributed by atoms with Crippen molar-refractivity contribution in [3.8, 4) is 5.75 Å². The van der Waals surface area contributed by atoms with Crippen LogP contribution < -0.4 is 4.74 Å². The fraction of sp³-hybridized carbons (Fsp3) is 0.385. The summed E-state index contributed by atoms with van der Waals surface area (Å²) in [5.41, 5.74) is 0.573. The van der Waals surface area contributed by atoms with Crippen LogP contribution in [-0.2, 0) is 16.0 Å². The second kappa shape index (κ2) is 7.68. The summed E-state index contributed by atoms with van der Waals surface area (Å²) < 4.78 is 5.37. The number of rotatable bonds is 8. The normalized spacial score (nSPS) is 11.8. The zero-order valence-corrected chi connectivity index (χ0v) is 11.2. The Bertz CT molecular complexity index is 446. The fourth-order valence-electron chi connectivity index (χ4n) is 1.58. The van der Waals surface area contributed by atoms with Crippen molar-refractivity contribution in [2.45, 2.75) is 25.4 Å². The van der Waals surface area contributed by atoms with Crippen molar-refractivity contribution >= 4 is 24.6 Å². The molecule has 104 valence electrons. The Morgan fingerprint density at radius 1 is 1.32 bits per heavy atom. The third-order valence-electron chi connectivity index (χ3n) is 2.43. The number of hydrogen-bond donors (Lipinski definition) is 3. The van der Waals surface area contributed by atoms with Gasteiger partial charge < -0.3 is 14.9 Å². The Hall–Kier alpha value is -1.69. The number of ether oxygens (including phenoxy) is 1. The molecule has 1 aromatic carbocycles. The Balaban J connectivity index is 2.72. The van der Waals surface area contributed by atoms with Crippen molar-refractivity contribution in [2.24, 2.45) is 0 Å². The highest BCUT2D eigenvalue weighted by atomic mass is 32.1. The number of carbonyl (C=O) groups is 2. The minimum absolute atomic E-state index is 0.119. The molecule has 2 N–H and O–H groups in total. The van der Waals surface area contributed by atoms with Gasteiger partial charge in [0.05, 0.1) is 6.42 Å². The van der Waals surface area contributed by atoms with E-state index in [4.69, 9.17) is 14.9 Å². The Kier molecular flexibility index (Phi) is 6.21. The summed E-state index contributed by atoms with van der Waals surface area (Å²) in [6.07, 6.45) is -0.0603. The minimum Gasteiger partial charge on any atom is -0.481 e. The molecule has 0 radical (unpaired) electrons. The van der Waals surface area contributed by atoms with Crippen LogP contribution in [0.1, 0.15) is 18.4 Å². The molecule has 6 heteroatoms. The van der Waals surface area contributed by atoms with E-state index in [0.29, 0.717) is 29.9 Å². The molecule has 5 nitrogen and oxygen atoms in total. The van der Waals surface area contributed by atoms with Crippen LogP contribution in [0.3, 0.4) is 0 Å². The topological polar surface area (TPSA) is 83.8 Å². The van der Waals surface area contributed by atoms with Gasteiger partial charge in [0.1, 0.15) is 5.75 Å². The number of carboxylic acid groups (broad SMARTS) is 2. The van der Waals surface area contributed by atoms with E-state index in [0.717, 1.165) is 0 Å². The summed E-state index contributed by atoms with van der Waals surface area (Å²) in [4.78, 5) is 21.6. The average molecular weight is 284 g/mol. The lowest BCUT2D eigenvalue weighted by Crippen LogP contribution is -2.27. The van der Waals surface area contributed by atoms with Crippen molar-refractivity contribution in [3.05, 3.63) is 29.8 Å². The average Bonchev–Trinajstić information content (AvgIpc) is 2.33. The molecule has 0 saturated heterocycles. The van der Waals surface area contributed by atoms with Crippen molar-refractivity contribution in [1.29, 1.82) is 0 Å². The van der Waals surface area contributed by atoms with Crippen molar-refractivity contribution in [2.75, 3.05) is 5.75 Å². The van der Waals surface area contributed by atoms with Gasteiger partial charge in [-0.25, -0.2) is 4.79 Å². The van der Waals surface area contributed by atoms with Gasteiger partial charge in [0.25, 0.3) is 0 Å². The Morgan fingerprint density at radius 3 is 2.63 bits per heavy atom. The molecular weight excluding hydrogens is 268 g/mol. The molecule has 0 bridgehead atoms. The van der Waals surface area contributed by atoms with Crippen LogP contribution in [0.4, 0.5) is 0 Å². The lowest BCUT2D eigenvalue weighted by atomic mass is 10.1. The molecule has 0 aromatic heterocycles. The van der Waals surface area contributed by atoms with E-state index in [1.807, 2.05) is 0 Å². The summed E-state index contributed by atoms with van der Waals surface area (Å²) in [5, 5.41) is 17.7. The molecule has 0 aliphatic heterocycles. The predicted octanol–water partition coefficient (Wildman–Crippen LogP) is 1.86. The molecule has 0 amide bonds. The second-order valence-electron chi connectivity index (χ2n) is 4.03. The number of aliphatic carboxylic acids is 2. The van der Waals surface area contributed by atoms with E-state index >= 15 is 0 Å². The molecule has 0 aliphatic carbocycles. The quantitative estimate of drug-likeness (QED) is 0.635. The maximum atomic E-state index is 11.0. The van der Waals surface area contributed by atoms with Crippen molar-refractivity contribution < 1.29 is 24.5 Å². The Morgan fingerprint density at radius 2 is 2.05 bits per heavy atom. The first-order valence-electron chi connectivity index (χ1n) is 5.84. The minimum atomic E-state index is -1.04. The van der Waals surface area contributed by atoms with Gasteiger partial charge in [-0.1, -0.05) is 12.1 Å². The molecule has 1 aromatic rings. The summed E-state index contributed by atoms with van der Waals surface area (Å²) >= 11 is 4.03. The first kappa shape index (κ1) is 15.4. The number of thiol groups is 1. The first-order chi connectivity index (χ1) is 9.02. The highest BCUT2D eigenvalue weighted by Gasteiger charge is 2.18. The van der Waals surface area contributed by atoms with E-state index in [1.165, 1.54) is 0 Å². The lowest BCUT2D eigenvalue weighted by Gasteiger charge is -2.15. The number of carboxylic acids is 2. The molecule has 0 fully saturated rings. The molecule has 1 atom stereocenters. The molecule has 0 spiro atoms. The fourth-order valence-corrected chi connectivity index (χ4v) is 1.76. The van der Waals surface area contributed by atoms with Gasteiger partial charge in [-0.3, -0.25) is 4.79 Å². The SMILES string of the molecule is O=C(O)Cc1cccc(OC(CCCS)C(=O)O)c1. The molecule has 1 unspecified atom stereocenters. The molecule has 1 rings (SSSR count). The second-order valence-corrected chi connectivity index (χ2v) is 4.48. The van der Waals surface area contributed by atoms with Crippen molar-refractivity contribution in [3.63, 3.8) is 0 Å². The van der Waals surface area contributed by atoms with E-state index in [2.05, 4.69) is 12.6 Å². The van der Waals surface area contributed by atoms with Gasteiger partial charge in [0.15, 0.2) is 6.10 Å². The smallest absolute Gasteiger partial charge is 0.344 e. The zero-order valence-electron chi connectivity index (χ0n) is 10.3. The molecule has 19 heavy (non-hydrogen) atoms. The summed E-state index contributed by atoms with van der Waals surface area (Å²) in [7, 11) is 0. The lowest BCUT2D eigenvalue weighted by molar-refractivity contribution is -0.145. The van der Waals surface area contributed by atoms with Gasteiger partial charge >= 0.3 is 11.9 Å². The highest BCUT2D eigenvalue weighted by molar-refractivity contribution is 7.80. The standard InChI is InChI=1S/C13H16O5S/c14-12(15)8-9-3-1-4-10(7-9)18-11(13(16)17)5-2-6-19/h1,3-4,7,11,19H,2,5-6,8H2,(H,14,15)(H,16,17). The van der Waals surface area contributed by atoms with Crippen LogP contribution in [0.25, 0.3) is 0 Å². The molecular formula is C13H16O5S. The van der Waals surface area contributed by atoms with Crippen LogP contribution in [-0.4, -0.2) is 34.0 Å². The maximum Gasteiger partial charge on any atom is 0.344 e. The van der Waals surface area contributed by atoms with E-state index in [9.17, 15) is 9.59 Å². The van der Waals surface area contributed by atoms with Crippen molar-refractivity contribution in [1.82, 2.24) is 0 Å². The summed E-state index contributed by atoms with van der Waals surface area (Å²) in [5.74, 6) is -1.02. The van der Waals surface area contributed by atoms with Crippen LogP contribution in [0.5, 0.6) is 5.75 Å². The van der Waals surface area contributed by atoms with Crippen LogP contribution in [0, 0.1) is 0 Å². The van der Waals surface area contributed by atoms with Gasteiger partial charge in [-0.05, 0) is 36.3 Å². The van der Waals surface area contributed by atoms with Gasteiger partial charge in [0.2, 0.25) is 0 Å². The molecule has 0 heterocycles. The van der Waals surface area contributed by atoms with Gasteiger partial charge in [-0.2, -0.15) is 12.6 Å². The third kappa shape index (κ3) is 5.65. The number of benzene rings is 1. The largest absolute Gasteiger partial charge is 0.481 e. The molecule has 0 aliphatic rings. The summed E-state index contributed by atoms with van der Waals surface area (Å²) in [6.45, 7) is 0. The maximum absolute atomic E-state index is 11.0. The highest BCUT2D eigenvalue weighted by Crippen LogP contribution is 2.17. The first-order valence-corrected chi connectivity index (χ1v) is 6.47. The van der Waals surface area contributed by atoms with E-state index in [1.54, 1.807) is 24.3 Å². The van der Waals surface area contributed by atoms with Crippen LogP contribution in [0.15, 0.2) is 24.3 Å². The molecule has 0 saturated carbocycles. The Labute approximate surface area is 116 Å². The zero-order chi connectivity index (χ0) is 14.3. The van der Waals surface area contributed by atoms with E-state index < -0.39 is 18.0 Å². The third-order valence-corrected chi connectivity index (χ3v) is 2.75.